The highest BCUT2D eigenvalue weighted by Crippen LogP contribution is 2.22. The molecule has 1 saturated heterocycles. The molecule has 3 heterocycles. The number of aryl methyl sites for hydroxylation is 2. The SMILES string of the molecule is Cn1c(=O)n(C)c2c(N3CCNCC3)nc(C#N)nc21.O=C(O)C(F)(F)F. The van der Waals surface area contributed by atoms with Crippen molar-refractivity contribution in [3.63, 3.8) is 0 Å². The Bertz CT molecular complexity index is 952. The van der Waals surface area contributed by atoms with Crippen molar-refractivity contribution in [2.24, 2.45) is 14.1 Å². The molecule has 146 valence electrons. The Labute approximate surface area is 150 Å². The summed E-state index contributed by atoms with van der Waals surface area (Å²) in [5, 5.41) is 19.5. The molecular formula is C14H16F3N7O3. The smallest absolute Gasteiger partial charge is 0.475 e. The molecule has 0 amide bonds. The van der Waals surface area contributed by atoms with Gasteiger partial charge in [-0.3, -0.25) is 9.13 Å². The molecule has 1 fully saturated rings. The van der Waals surface area contributed by atoms with E-state index >= 15 is 0 Å². The molecule has 2 aromatic rings. The number of hydrogen-bond acceptors (Lipinski definition) is 7. The number of rotatable bonds is 1. The van der Waals surface area contributed by atoms with Crippen molar-refractivity contribution in [2.75, 3.05) is 31.1 Å². The van der Waals surface area contributed by atoms with E-state index < -0.39 is 12.1 Å². The third-order valence-electron chi connectivity index (χ3n) is 3.83. The zero-order valence-electron chi connectivity index (χ0n) is 14.4. The summed E-state index contributed by atoms with van der Waals surface area (Å²) in [5.41, 5.74) is 1.01. The lowest BCUT2D eigenvalue weighted by Gasteiger charge is -2.28. The van der Waals surface area contributed by atoms with Crippen LogP contribution in [0.4, 0.5) is 19.0 Å². The highest BCUT2D eigenvalue weighted by Gasteiger charge is 2.38. The van der Waals surface area contributed by atoms with Crippen molar-refractivity contribution in [1.29, 1.82) is 5.26 Å². The van der Waals surface area contributed by atoms with Gasteiger partial charge in [0.05, 0.1) is 0 Å². The maximum Gasteiger partial charge on any atom is 0.490 e. The van der Waals surface area contributed by atoms with Gasteiger partial charge in [-0.15, -0.1) is 0 Å². The van der Waals surface area contributed by atoms with Crippen LogP contribution in [0.25, 0.3) is 11.2 Å². The number of alkyl halides is 3. The zero-order chi connectivity index (χ0) is 20.4. The van der Waals surface area contributed by atoms with Crippen LogP contribution in [0.1, 0.15) is 5.82 Å². The van der Waals surface area contributed by atoms with Crippen LogP contribution in [-0.4, -0.2) is 62.5 Å². The summed E-state index contributed by atoms with van der Waals surface area (Å²) in [4.78, 5) is 31.5. The van der Waals surface area contributed by atoms with Crippen LogP contribution in [0.5, 0.6) is 0 Å². The van der Waals surface area contributed by atoms with E-state index in [0.717, 1.165) is 26.2 Å². The minimum atomic E-state index is -5.08. The van der Waals surface area contributed by atoms with Crippen LogP contribution in [0.2, 0.25) is 0 Å². The number of piperazine rings is 1. The molecule has 3 rings (SSSR count). The quantitative estimate of drug-likeness (QED) is 0.675. The van der Waals surface area contributed by atoms with Gasteiger partial charge in [0, 0.05) is 40.3 Å². The van der Waals surface area contributed by atoms with Gasteiger partial charge in [-0.2, -0.15) is 28.4 Å². The Hall–Kier alpha value is -3.14. The Morgan fingerprint density at radius 3 is 2.26 bits per heavy atom. The van der Waals surface area contributed by atoms with Crippen LogP contribution in [0, 0.1) is 11.3 Å². The van der Waals surface area contributed by atoms with Crippen molar-refractivity contribution in [3.8, 4) is 6.07 Å². The van der Waals surface area contributed by atoms with Crippen LogP contribution in [-0.2, 0) is 18.9 Å². The van der Waals surface area contributed by atoms with Gasteiger partial charge in [0.1, 0.15) is 11.6 Å². The summed E-state index contributed by atoms with van der Waals surface area (Å²) in [7, 11) is 3.35. The molecule has 0 atom stereocenters. The molecule has 0 saturated carbocycles. The molecule has 0 spiro atoms. The summed E-state index contributed by atoms with van der Waals surface area (Å²) in [5.74, 6) is -2.01. The van der Waals surface area contributed by atoms with E-state index in [-0.39, 0.29) is 11.5 Å². The second-order valence-corrected chi connectivity index (χ2v) is 5.60. The van der Waals surface area contributed by atoms with Gasteiger partial charge in [-0.1, -0.05) is 0 Å². The molecule has 13 heteroatoms. The molecule has 0 unspecified atom stereocenters. The number of aliphatic carboxylic acids is 1. The summed E-state index contributed by atoms with van der Waals surface area (Å²) in [6, 6.07) is 1.97. The normalized spacial score (nSPS) is 14.4. The second-order valence-electron chi connectivity index (χ2n) is 5.60. The van der Waals surface area contributed by atoms with Gasteiger partial charge < -0.3 is 15.3 Å². The number of nitriles is 1. The molecule has 0 radical (unpaired) electrons. The molecule has 2 N–H and O–H groups in total. The first-order valence-corrected chi connectivity index (χ1v) is 7.67. The zero-order valence-corrected chi connectivity index (χ0v) is 14.4. The molecule has 1 aliphatic heterocycles. The number of halogens is 3. The fourth-order valence-corrected chi connectivity index (χ4v) is 2.52. The number of nitrogens with one attached hydrogen (secondary N) is 1. The van der Waals surface area contributed by atoms with Gasteiger partial charge in [0.2, 0.25) is 5.82 Å². The van der Waals surface area contributed by atoms with E-state index in [2.05, 4.69) is 20.2 Å². The topological polar surface area (TPSA) is 129 Å². The second kappa shape index (κ2) is 7.62. The van der Waals surface area contributed by atoms with Gasteiger partial charge in [0.25, 0.3) is 0 Å². The van der Waals surface area contributed by atoms with Gasteiger partial charge in [-0.05, 0) is 0 Å². The number of hydrogen-bond donors (Lipinski definition) is 2. The maximum atomic E-state index is 12.1. The average Bonchev–Trinajstić information content (AvgIpc) is 2.86. The molecule has 0 aliphatic carbocycles. The molecule has 0 aromatic carbocycles. The maximum absolute atomic E-state index is 12.1. The van der Waals surface area contributed by atoms with E-state index in [1.165, 1.54) is 9.13 Å². The van der Waals surface area contributed by atoms with Crippen molar-refractivity contribution in [2.45, 2.75) is 6.18 Å². The van der Waals surface area contributed by atoms with E-state index in [4.69, 9.17) is 15.2 Å². The standard InChI is InChI=1S/C12H15N7O.C2HF3O2/c1-17-9-10(18(2)12(17)20)15-8(7-13)16-11(9)19-5-3-14-4-6-19;3-2(4,5)1(6)7/h14H,3-6H2,1-2H3;(H,6,7). The Morgan fingerprint density at radius 2 is 1.78 bits per heavy atom. The highest BCUT2D eigenvalue weighted by molar-refractivity contribution is 5.84. The lowest BCUT2D eigenvalue weighted by atomic mass is 10.3. The number of anilines is 1. The van der Waals surface area contributed by atoms with Crippen LogP contribution >= 0.6 is 0 Å². The summed E-state index contributed by atoms with van der Waals surface area (Å²) < 4.78 is 34.7. The molecule has 10 nitrogen and oxygen atoms in total. The largest absolute Gasteiger partial charge is 0.490 e. The fraction of sp³-hybridized carbons (Fsp3) is 0.500. The molecule has 0 bridgehead atoms. The minimum absolute atomic E-state index is 0.0900. The van der Waals surface area contributed by atoms with Gasteiger partial charge in [0.15, 0.2) is 11.5 Å². The first-order chi connectivity index (χ1) is 12.6. The number of nitrogens with zero attached hydrogens (tertiary/aromatic N) is 6. The average molecular weight is 387 g/mol. The minimum Gasteiger partial charge on any atom is -0.475 e. The molecule has 1 aliphatic rings. The fourth-order valence-electron chi connectivity index (χ4n) is 2.52. The van der Waals surface area contributed by atoms with Gasteiger partial charge >= 0.3 is 17.8 Å². The van der Waals surface area contributed by atoms with E-state index in [1.54, 1.807) is 14.1 Å². The summed E-state index contributed by atoms with van der Waals surface area (Å²) in [6.45, 7) is 3.29. The lowest BCUT2D eigenvalue weighted by Crippen LogP contribution is -2.44. The number of carboxylic acid groups (broad SMARTS) is 1. The highest BCUT2D eigenvalue weighted by atomic mass is 19.4. The first-order valence-electron chi connectivity index (χ1n) is 7.67. The summed E-state index contributed by atoms with van der Waals surface area (Å²) >= 11 is 0. The number of carboxylic acids is 1. The third kappa shape index (κ3) is 4.17. The number of fused-ring (bicyclic) bond motifs is 1. The molecular weight excluding hydrogens is 371 g/mol. The van der Waals surface area contributed by atoms with Crippen molar-refractivity contribution in [1.82, 2.24) is 24.4 Å². The predicted molar refractivity (Wildman–Crippen MR) is 87.2 cm³/mol. The van der Waals surface area contributed by atoms with Crippen LogP contribution in [0.3, 0.4) is 0 Å². The number of aromatic nitrogens is 4. The molecule has 27 heavy (non-hydrogen) atoms. The van der Waals surface area contributed by atoms with Crippen molar-refractivity contribution >= 4 is 23.0 Å². The van der Waals surface area contributed by atoms with Crippen LogP contribution in [0.15, 0.2) is 4.79 Å². The Balaban J connectivity index is 0.000000321. The predicted octanol–water partition coefficient (Wildman–Crippen LogP) is -0.418. The molecule has 2 aromatic heterocycles. The van der Waals surface area contributed by atoms with E-state index in [9.17, 15) is 18.0 Å². The van der Waals surface area contributed by atoms with E-state index in [0.29, 0.717) is 17.0 Å². The first kappa shape index (κ1) is 20.2. The van der Waals surface area contributed by atoms with Crippen LogP contribution < -0.4 is 15.9 Å². The summed E-state index contributed by atoms with van der Waals surface area (Å²) in [6.07, 6.45) is -5.08. The lowest BCUT2D eigenvalue weighted by molar-refractivity contribution is -0.192. The van der Waals surface area contributed by atoms with Gasteiger partial charge in [-0.25, -0.2) is 9.59 Å². The van der Waals surface area contributed by atoms with Crippen molar-refractivity contribution in [3.05, 3.63) is 16.3 Å². The Morgan fingerprint density at radius 1 is 1.22 bits per heavy atom. The van der Waals surface area contributed by atoms with E-state index in [1.807, 2.05) is 6.07 Å². The number of imidazole rings is 1. The van der Waals surface area contributed by atoms with Crippen molar-refractivity contribution < 1.29 is 23.1 Å². The number of carbonyl (C=O) groups is 1. The Kier molecular flexibility index (Phi) is 5.69. The monoisotopic (exact) mass is 387 g/mol. The third-order valence-corrected chi connectivity index (χ3v) is 3.83.